The van der Waals surface area contributed by atoms with E-state index in [1.807, 2.05) is 0 Å². The molecule has 4 atom stereocenters. The summed E-state index contributed by atoms with van der Waals surface area (Å²) in [4.78, 5) is 0. The van der Waals surface area contributed by atoms with Gasteiger partial charge in [-0.1, -0.05) is 6.92 Å². The number of hydrogen-bond acceptors (Lipinski definition) is 2. The first kappa shape index (κ1) is 9.17. The molecule has 0 aromatic heterocycles. The van der Waals surface area contributed by atoms with Gasteiger partial charge in [0.2, 0.25) is 0 Å². The molecule has 2 heteroatoms. The first-order valence-electron chi connectivity index (χ1n) is 5.80. The molecule has 80 valence electrons. The van der Waals surface area contributed by atoms with Crippen LogP contribution < -0.4 is 0 Å². The molecule has 0 aliphatic heterocycles. The van der Waals surface area contributed by atoms with Crippen molar-refractivity contribution in [2.45, 2.75) is 51.0 Å². The predicted octanol–water partition coefficient (Wildman–Crippen LogP) is 1.70. The number of rotatable bonds is 1. The molecule has 2 nitrogen and oxygen atoms in total. The molecular weight excluding hydrogens is 176 g/mol. The van der Waals surface area contributed by atoms with Gasteiger partial charge in [-0.25, -0.2) is 0 Å². The van der Waals surface area contributed by atoms with Gasteiger partial charge in [0.05, 0.1) is 5.60 Å². The van der Waals surface area contributed by atoms with Gasteiger partial charge in [-0.3, -0.25) is 0 Å². The highest BCUT2D eigenvalue weighted by Crippen LogP contribution is 2.66. The average molecular weight is 196 g/mol. The molecule has 0 amide bonds. The lowest BCUT2D eigenvalue weighted by Gasteiger charge is -2.64. The lowest BCUT2D eigenvalue weighted by Crippen LogP contribution is -2.60. The molecule has 0 spiro atoms. The van der Waals surface area contributed by atoms with Gasteiger partial charge < -0.3 is 10.2 Å². The molecule has 0 aromatic rings. The Hall–Kier alpha value is -0.0800. The minimum absolute atomic E-state index is 0.0723. The quantitative estimate of drug-likeness (QED) is 0.670. The van der Waals surface area contributed by atoms with Crippen molar-refractivity contribution in [1.29, 1.82) is 0 Å². The van der Waals surface area contributed by atoms with Crippen molar-refractivity contribution in [3.8, 4) is 0 Å². The molecule has 0 radical (unpaired) electrons. The van der Waals surface area contributed by atoms with E-state index in [4.69, 9.17) is 0 Å². The predicted molar refractivity (Wildman–Crippen MR) is 53.8 cm³/mol. The van der Waals surface area contributed by atoms with E-state index < -0.39 is 5.60 Å². The van der Waals surface area contributed by atoms with Crippen LogP contribution in [0.2, 0.25) is 0 Å². The zero-order valence-corrected chi connectivity index (χ0v) is 8.92. The van der Waals surface area contributed by atoms with Crippen molar-refractivity contribution in [3.05, 3.63) is 0 Å². The minimum Gasteiger partial charge on any atom is -0.396 e. The Morgan fingerprint density at radius 2 is 1.93 bits per heavy atom. The summed E-state index contributed by atoms with van der Waals surface area (Å²) in [7, 11) is 0. The maximum atomic E-state index is 10.5. The number of aliphatic hydroxyl groups is 2. The van der Waals surface area contributed by atoms with Crippen LogP contribution in [0, 0.1) is 16.7 Å². The van der Waals surface area contributed by atoms with Crippen molar-refractivity contribution in [1.82, 2.24) is 0 Å². The van der Waals surface area contributed by atoms with Crippen molar-refractivity contribution in [2.24, 2.45) is 16.7 Å². The fourth-order valence-electron chi connectivity index (χ4n) is 5.26. The zero-order chi connectivity index (χ0) is 10.0. The highest BCUT2D eigenvalue weighted by atomic mass is 16.3. The third-order valence-corrected chi connectivity index (χ3v) is 4.77. The molecule has 4 bridgehead atoms. The standard InChI is InChI=1S/C12H20O2/c1-10-2-9-3-11(5-10,8-13)7-12(14,4-9)6-10/h9,13-14H,2-8H2,1H3/t9-,10-,11+,12-/m1/s1. The van der Waals surface area contributed by atoms with Gasteiger partial charge in [-0.2, -0.15) is 0 Å². The Balaban J connectivity index is 2.01. The van der Waals surface area contributed by atoms with Gasteiger partial charge in [-0.05, 0) is 55.3 Å². The van der Waals surface area contributed by atoms with Crippen molar-refractivity contribution < 1.29 is 10.2 Å². The van der Waals surface area contributed by atoms with E-state index in [1.54, 1.807) is 0 Å². The molecule has 2 N–H and O–H groups in total. The van der Waals surface area contributed by atoms with Crippen LogP contribution in [0.4, 0.5) is 0 Å². The van der Waals surface area contributed by atoms with E-state index in [9.17, 15) is 10.2 Å². The Morgan fingerprint density at radius 1 is 1.14 bits per heavy atom. The Morgan fingerprint density at radius 3 is 2.50 bits per heavy atom. The summed E-state index contributed by atoms with van der Waals surface area (Å²) >= 11 is 0. The average Bonchev–Trinajstić information content (AvgIpc) is 1.97. The van der Waals surface area contributed by atoms with Crippen LogP contribution >= 0.6 is 0 Å². The fourth-order valence-corrected chi connectivity index (χ4v) is 5.26. The Bertz CT molecular complexity index is 255. The molecule has 4 aliphatic rings. The molecule has 0 unspecified atom stereocenters. The topological polar surface area (TPSA) is 40.5 Å². The van der Waals surface area contributed by atoms with Crippen molar-refractivity contribution in [3.63, 3.8) is 0 Å². The summed E-state index contributed by atoms with van der Waals surface area (Å²) in [6.45, 7) is 2.58. The van der Waals surface area contributed by atoms with E-state index in [0.717, 1.165) is 32.1 Å². The van der Waals surface area contributed by atoms with Gasteiger partial charge >= 0.3 is 0 Å². The molecule has 4 rings (SSSR count). The van der Waals surface area contributed by atoms with Crippen LogP contribution in [0.25, 0.3) is 0 Å². The summed E-state index contributed by atoms with van der Waals surface area (Å²) in [5.41, 5.74) is -0.0449. The van der Waals surface area contributed by atoms with Crippen molar-refractivity contribution in [2.75, 3.05) is 6.61 Å². The second kappa shape index (κ2) is 2.35. The summed E-state index contributed by atoms with van der Waals surface area (Å²) in [6, 6.07) is 0. The number of aliphatic hydroxyl groups excluding tert-OH is 1. The number of hydrogen-bond donors (Lipinski definition) is 2. The molecule has 4 saturated carbocycles. The smallest absolute Gasteiger partial charge is 0.0661 e. The SMILES string of the molecule is C[C@]12C[C@H]3C[C@@](O)(C1)C[C@](CO)(C3)C2. The van der Waals surface area contributed by atoms with Gasteiger partial charge in [0, 0.05) is 6.61 Å². The molecule has 4 aliphatic carbocycles. The lowest BCUT2D eigenvalue weighted by molar-refractivity contribution is -0.204. The van der Waals surface area contributed by atoms with Gasteiger partial charge in [0.15, 0.2) is 0 Å². The second-order valence-electron chi connectivity index (χ2n) is 6.70. The third kappa shape index (κ3) is 1.10. The van der Waals surface area contributed by atoms with Crippen LogP contribution in [-0.4, -0.2) is 22.4 Å². The van der Waals surface area contributed by atoms with E-state index in [1.165, 1.54) is 6.42 Å². The molecule has 0 heterocycles. The van der Waals surface area contributed by atoms with E-state index in [-0.39, 0.29) is 12.0 Å². The maximum Gasteiger partial charge on any atom is 0.0661 e. The van der Waals surface area contributed by atoms with Gasteiger partial charge in [0.1, 0.15) is 0 Å². The molecular formula is C12H20O2. The van der Waals surface area contributed by atoms with E-state index in [2.05, 4.69) is 6.92 Å². The van der Waals surface area contributed by atoms with Gasteiger partial charge in [0.25, 0.3) is 0 Å². The maximum absolute atomic E-state index is 10.5. The molecule has 4 fully saturated rings. The van der Waals surface area contributed by atoms with Gasteiger partial charge in [-0.15, -0.1) is 0 Å². The lowest BCUT2D eigenvalue weighted by atomic mass is 9.43. The Labute approximate surface area is 85.3 Å². The highest BCUT2D eigenvalue weighted by Gasteiger charge is 2.60. The molecule has 14 heavy (non-hydrogen) atoms. The summed E-state index contributed by atoms with van der Waals surface area (Å²) in [5.74, 6) is 0.674. The molecule has 0 aromatic carbocycles. The first-order chi connectivity index (χ1) is 6.47. The van der Waals surface area contributed by atoms with Crippen molar-refractivity contribution >= 4 is 0 Å². The first-order valence-corrected chi connectivity index (χ1v) is 5.80. The zero-order valence-electron chi connectivity index (χ0n) is 8.92. The van der Waals surface area contributed by atoms with Crippen LogP contribution in [-0.2, 0) is 0 Å². The monoisotopic (exact) mass is 196 g/mol. The third-order valence-electron chi connectivity index (χ3n) is 4.77. The van der Waals surface area contributed by atoms with Crippen LogP contribution in [0.15, 0.2) is 0 Å². The fraction of sp³-hybridized carbons (Fsp3) is 1.00. The summed E-state index contributed by atoms with van der Waals surface area (Å²) < 4.78 is 0. The summed E-state index contributed by atoms with van der Waals surface area (Å²) in [6.07, 6.45) is 6.37. The van der Waals surface area contributed by atoms with E-state index in [0.29, 0.717) is 11.3 Å². The van der Waals surface area contributed by atoms with Crippen LogP contribution in [0.3, 0.4) is 0 Å². The minimum atomic E-state index is -0.434. The van der Waals surface area contributed by atoms with Crippen LogP contribution in [0.5, 0.6) is 0 Å². The largest absolute Gasteiger partial charge is 0.396 e. The summed E-state index contributed by atoms with van der Waals surface area (Å²) in [5, 5.41) is 20.0. The highest BCUT2D eigenvalue weighted by molar-refractivity contribution is 5.12. The second-order valence-corrected chi connectivity index (χ2v) is 6.70. The molecule has 0 saturated heterocycles. The van der Waals surface area contributed by atoms with Crippen LogP contribution in [0.1, 0.15) is 45.4 Å². The van der Waals surface area contributed by atoms with E-state index >= 15 is 0 Å². The Kier molecular flexibility index (Phi) is 1.54. The normalized spacial score (nSPS) is 60.6.